The van der Waals surface area contributed by atoms with Gasteiger partial charge in [0, 0.05) is 156 Å². The van der Waals surface area contributed by atoms with Crippen molar-refractivity contribution in [2.75, 3.05) is 103 Å². The summed E-state index contributed by atoms with van der Waals surface area (Å²) in [6.45, 7) is 18.2. The van der Waals surface area contributed by atoms with E-state index in [0.29, 0.717) is 135 Å². The average Bonchev–Trinajstić information content (AvgIpc) is 1.59. The van der Waals surface area contributed by atoms with Crippen LogP contribution >= 0.6 is 7.60 Å². The smallest absolute Gasteiger partial charge is 0.508 e. The van der Waals surface area contributed by atoms with Gasteiger partial charge < -0.3 is 50.6 Å². The molecule has 6 aliphatic rings. The first kappa shape index (κ1) is 100. The summed E-state index contributed by atoms with van der Waals surface area (Å²) < 4.78 is 51.5. The molecule has 118 heavy (non-hydrogen) atoms. The van der Waals surface area contributed by atoms with E-state index < -0.39 is 40.8 Å². The summed E-state index contributed by atoms with van der Waals surface area (Å²) >= 11 is 0. The SMILES string of the molecule is C1CCC(C2CCCCC2)CC1.Cc1ccc2c(c1)C(C)(C)C(=CC=CC1=[N+](C)c3ccc(S(=O)(=O)O)cc3C1(C)C)N2CCCCCC(=O)NCCCN=[N+]=[N-].[64Cu+2].[N-]=[N+]=NC1CCCCC1.[N-]=[N+]=NCCCC(=O)NCCCCC(C(=O)O)N1CCCNCCN(CP(=O)(O)O)CCCNCC1.[N-]=[N+]=Nc1cc2ccc(O)cc2oc1=O. The number of unbranched alkanes of at least 4 members (excludes halogenated alkanes) is 3. The van der Waals surface area contributed by atoms with Crippen molar-refractivity contribution in [3.63, 3.8) is 0 Å². The van der Waals surface area contributed by atoms with Crippen LogP contribution in [0, 0.1) is 18.8 Å². The number of aromatic hydroxyl groups is 1. The second-order valence-electron chi connectivity index (χ2n) is 31.9. The van der Waals surface area contributed by atoms with E-state index in [0.717, 1.165) is 80.3 Å². The van der Waals surface area contributed by atoms with Gasteiger partial charge in [-0.2, -0.15) is 13.0 Å². The molecule has 3 saturated carbocycles. The van der Waals surface area contributed by atoms with Crippen molar-refractivity contribution in [2.45, 2.75) is 236 Å². The molecule has 1 radical (unpaired) electrons. The van der Waals surface area contributed by atoms with Crippen LogP contribution in [-0.2, 0) is 57.0 Å². The van der Waals surface area contributed by atoms with Crippen molar-refractivity contribution in [3.05, 3.63) is 153 Å². The van der Waals surface area contributed by atoms with E-state index in [9.17, 15) is 51.6 Å². The number of carbonyl (C=O) groups is 3. The van der Waals surface area contributed by atoms with Crippen LogP contribution in [0.2, 0.25) is 0 Å². The minimum Gasteiger partial charge on any atom is -0.508 e. The van der Waals surface area contributed by atoms with E-state index in [1.165, 1.54) is 105 Å². The van der Waals surface area contributed by atoms with E-state index in [2.05, 4.69) is 142 Å². The molecule has 10 rings (SSSR count). The van der Waals surface area contributed by atoms with Crippen LogP contribution in [0.1, 0.15) is 218 Å². The zero-order valence-corrected chi connectivity index (χ0v) is 72.3. The maximum atomic E-state index is 12.2. The Bertz CT molecular complexity index is 4370. The maximum absolute atomic E-state index is 12.2. The summed E-state index contributed by atoms with van der Waals surface area (Å²) in [6.07, 6.45) is 35.4. The van der Waals surface area contributed by atoms with Gasteiger partial charge in [0.15, 0.2) is 5.71 Å². The monoisotopic (exact) mass is 1730 g/mol. The number of carboxylic acids is 1. The largest absolute Gasteiger partial charge is 2.00 e. The number of amides is 2. The Morgan fingerprint density at radius 2 is 1.31 bits per heavy atom. The first-order valence-electron chi connectivity index (χ1n) is 41.6. The van der Waals surface area contributed by atoms with Gasteiger partial charge in [-0.15, -0.1) is 0 Å². The van der Waals surface area contributed by atoms with Gasteiger partial charge in [0.25, 0.3) is 10.1 Å². The van der Waals surface area contributed by atoms with Gasteiger partial charge in [0.05, 0.1) is 10.3 Å². The molecule has 651 valence electrons. The number of fused-ring (bicyclic) bond motifs is 3. The number of azide groups is 4. The Kier molecular flexibility index (Phi) is 44.8. The molecule has 0 spiro atoms. The molecule has 0 bridgehead atoms. The van der Waals surface area contributed by atoms with Gasteiger partial charge in [-0.05, 0) is 186 Å². The molecule has 9 N–H and O–H groups in total. The van der Waals surface area contributed by atoms with E-state index in [4.69, 9.17) is 31.6 Å². The van der Waals surface area contributed by atoms with Gasteiger partial charge >= 0.3 is 36.3 Å². The molecule has 4 fully saturated rings. The fourth-order valence-electron chi connectivity index (χ4n) is 16.2. The molecular weight excluding hydrogens is 1600 g/mol. The summed E-state index contributed by atoms with van der Waals surface area (Å²) in [4.78, 5) is 82.5. The Morgan fingerprint density at radius 1 is 0.695 bits per heavy atom. The van der Waals surface area contributed by atoms with Gasteiger partial charge in [-0.1, -0.05) is 148 Å². The fraction of sp³-hybridized carbons (Fsp3) is 0.646. The molecule has 3 aromatic carbocycles. The zero-order valence-electron chi connectivity index (χ0n) is 69.6. The standard InChI is InChI=1S/C34H44N6O4S.C21H43N8O6P.C12H22.C9H5N3O3.C6H11N3.Cu/c1-24-15-17-29-26(22-24)34(4,5)31(40(29)21-9-7-8-14-32(41)36-19-11-20-37-38-35)13-10-12-30-33(2,3)27-23-25(45(42,43)44)16-18-28(27)39(30)6;22-27-26-11-3-7-20(30)25-10-2-1-6-19(21(31)32)29-15-5-9-23-12-16-28(18-36(33,34)35)14-4-8-24-13-17-29;1-3-7-11(8-4-1)12-9-5-2-6-10-12;10-12-11-7-3-5-1-2-6(13)4-8(5)15-9(7)14;7-9-8-6-4-2-1-3-5-6;/h10,12-13,15-18,22-23H,7-9,11,14,19-21H2,1-6H3,(H-,36,41,42,43,44);19,23-24H,1-18H2,(H,25,30)(H,31,32)(H2,33,34,35);11-12H,1-10H2;1-4,13H;6H,1-5H2;/q;;;;;+2/p+1/i;;;;;1+0. The van der Waals surface area contributed by atoms with Crippen molar-refractivity contribution >= 4 is 69.2 Å². The molecule has 3 aliphatic heterocycles. The number of carboxylic acid groups (broad SMARTS) is 1. The summed E-state index contributed by atoms with van der Waals surface area (Å²) in [5.41, 5.74) is 39.3. The number of hydrogen-bond donors (Lipinski definition) is 9. The van der Waals surface area contributed by atoms with Crippen molar-refractivity contribution in [3.8, 4) is 5.75 Å². The number of benzene rings is 3. The Labute approximate surface area is 705 Å². The van der Waals surface area contributed by atoms with Crippen LogP contribution < -0.4 is 31.8 Å². The quantitative estimate of drug-likeness (QED) is 0.00281. The number of phenolic OH excluding ortho intramolecular Hbond substituents is 1. The van der Waals surface area contributed by atoms with Gasteiger partial charge in [-0.25, -0.2) is 4.79 Å². The number of allylic oxidation sites excluding steroid dienone is 4. The Hall–Kier alpha value is -8.31. The first-order valence-corrected chi connectivity index (χ1v) is 44.8. The maximum Gasteiger partial charge on any atom is 2.00 e. The molecule has 1 aromatic heterocycles. The third-order valence-corrected chi connectivity index (χ3v) is 24.1. The molecule has 33 nitrogen and oxygen atoms in total. The third-order valence-electron chi connectivity index (χ3n) is 22.4. The number of hydrogen-bond acceptors (Lipinski definition) is 18. The molecule has 36 heteroatoms. The van der Waals surface area contributed by atoms with Gasteiger partial charge in [0.1, 0.15) is 36.4 Å². The molecular formula is C82H126CuN20O13PS+3. The van der Waals surface area contributed by atoms with Crippen LogP contribution in [0.25, 0.3) is 52.7 Å². The molecule has 1 saturated heterocycles. The minimum absolute atomic E-state index is 0. The van der Waals surface area contributed by atoms with Crippen molar-refractivity contribution in [1.82, 2.24) is 31.1 Å². The number of nitrogens with zero attached hydrogens (tertiary/aromatic N) is 16. The molecule has 4 heterocycles. The van der Waals surface area contributed by atoms with E-state index >= 15 is 0 Å². The van der Waals surface area contributed by atoms with Crippen molar-refractivity contribution < 1.29 is 78.0 Å². The number of rotatable bonds is 29. The predicted molar refractivity (Wildman–Crippen MR) is 458 cm³/mol. The van der Waals surface area contributed by atoms with Gasteiger partial charge in [0.2, 0.25) is 17.5 Å². The van der Waals surface area contributed by atoms with E-state index in [1.54, 1.807) is 48.8 Å². The summed E-state index contributed by atoms with van der Waals surface area (Å²) in [5.74, 6) is 1.36. The summed E-state index contributed by atoms with van der Waals surface area (Å²) in [7, 11) is -6.43. The van der Waals surface area contributed by atoms with E-state index in [-0.39, 0.29) is 62.5 Å². The van der Waals surface area contributed by atoms with Gasteiger partial charge in [-0.3, -0.25) is 33.3 Å². The third kappa shape index (κ3) is 34.4. The summed E-state index contributed by atoms with van der Waals surface area (Å²) in [6, 6.07) is 16.8. The predicted octanol–water partition coefficient (Wildman–Crippen LogP) is 16.6. The second kappa shape index (κ2) is 52.7. The molecule has 3 aliphatic carbocycles. The van der Waals surface area contributed by atoms with Crippen LogP contribution in [-0.4, -0.2) is 181 Å². The molecule has 4 aromatic rings. The topological polar surface area (TPSA) is 490 Å². The number of aryl methyl sites for hydroxylation is 1. The molecule has 2 amide bonds. The van der Waals surface area contributed by atoms with Crippen LogP contribution in [0.4, 0.5) is 17.1 Å². The van der Waals surface area contributed by atoms with Crippen LogP contribution in [0.3, 0.4) is 0 Å². The minimum atomic E-state index is -4.30. The normalized spacial score (nSPS) is 18.1. The average molecular weight is 1730 g/mol. The first-order chi connectivity index (χ1) is 56.0. The van der Waals surface area contributed by atoms with Crippen molar-refractivity contribution in [2.24, 2.45) is 32.3 Å². The Balaban J connectivity index is 0.000000296. The zero-order chi connectivity index (χ0) is 85.2. The Morgan fingerprint density at radius 3 is 1.92 bits per heavy atom. The summed E-state index contributed by atoms with van der Waals surface area (Å²) in [5, 5.41) is 45.6. The van der Waals surface area contributed by atoms with Crippen LogP contribution in [0.5, 0.6) is 5.75 Å². The molecule has 1 unspecified atom stereocenters. The number of carbonyl (C=O) groups excluding carboxylic acids is 2. The van der Waals surface area contributed by atoms with Crippen molar-refractivity contribution in [1.29, 1.82) is 0 Å². The number of nitrogens with one attached hydrogen (secondary N) is 4. The second-order valence-corrected chi connectivity index (χ2v) is 35.0. The van der Waals surface area contributed by atoms with Crippen LogP contribution in [0.15, 0.2) is 119 Å². The molecule has 1 atom stereocenters. The number of aliphatic carboxylic acids is 1. The number of anilines is 1. The number of phenols is 1. The fourth-order valence-corrected chi connectivity index (χ4v) is 17.6. The van der Waals surface area contributed by atoms with E-state index in [1.807, 2.05) is 11.9 Å².